The van der Waals surface area contributed by atoms with Crippen molar-refractivity contribution in [1.29, 1.82) is 0 Å². The number of piperidine rings is 1. The first-order valence-corrected chi connectivity index (χ1v) is 12.4. The van der Waals surface area contributed by atoms with E-state index >= 15 is 0 Å². The van der Waals surface area contributed by atoms with Gasteiger partial charge in [-0.1, -0.05) is 53.0 Å². The summed E-state index contributed by atoms with van der Waals surface area (Å²) < 4.78 is 28.4. The van der Waals surface area contributed by atoms with Crippen LogP contribution in [0.4, 0.5) is 5.69 Å². The lowest BCUT2D eigenvalue weighted by molar-refractivity contribution is 0.394. The third kappa shape index (κ3) is 5.16. The van der Waals surface area contributed by atoms with Crippen LogP contribution in [0.1, 0.15) is 24.4 Å². The first-order chi connectivity index (χ1) is 14.8. The summed E-state index contributed by atoms with van der Waals surface area (Å²) in [5, 5.41) is 1.78. The van der Waals surface area contributed by atoms with Crippen LogP contribution in [0.2, 0.25) is 15.1 Å². The van der Waals surface area contributed by atoms with Crippen molar-refractivity contribution in [3.8, 4) is 0 Å². The Morgan fingerprint density at radius 1 is 0.968 bits per heavy atom. The van der Waals surface area contributed by atoms with Crippen molar-refractivity contribution < 1.29 is 8.42 Å². The number of anilines is 1. The number of halogens is 3. The summed E-state index contributed by atoms with van der Waals surface area (Å²) >= 11 is 18.7. The molecule has 162 valence electrons. The fraction of sp³-hybridized carbons (Fsp3) is 0.227. The van der Waals surface area contributed by atoms with Crippen LogP contribution in [0.5, 0.6) is 0 Å². The van der Waals surface area contributed by atoms with Crippen LogP contribution in [-0.2, 0) is 10.0 Å². The molecule has 1 aliphatic heterocycles. The minimum atomic E-state index is -3.71. The molecule has 2 aromatic carbocycles. The van der Waals surface area contributed by atoms with Crippen LogP contribution in [-0.4, -0.2) is 26.0 Å². The smallest absolute Gasteiger partial charge is 0.258 e. The van der Waals surface area contributed by atoms with Crippen LogP contribution >= 0.6 is 34.8 Å². The lowest BCUT2D eigenvalue weighted by atomic mass is 9.91. The molecule has 1 aromatic heterocycles. The summed E-state index contributed by atoms with van der Waals surface area (Å²) in [6, 6.07) is 17.5. The van der Waals surface area contributed by atoms with Crippen LogP contribution in [0.3, 0.4) is 0 Å². The monoisotopic (exact) mass is 495 g/mol. The molecule has 0 spiro atoms. The van der Waals surface area contributed by atoms with Crippen LogP contribution < -0.4 is 9.62 Å². The highest BCUT2D eigenvalue weighted by Crippen LogP contribution is 2.39. The second-order valence-corrected chi connectivity index (χ2v) is 10.3. The molecule has 0 aliphatic carbocycles. The number of sulfonamides is 1. The van der Waals surface area contributed by atoms with Gasteiger partial charge in [0.1, 0.15) is 0 Å². The van der Waals surface area contributed by atoms with Gasteiger partial charge in [-0.05, 0) is 60.9 Å². The third-order valence-electron chi connectivity index (χ3n) is 5.31. The highest BCUT2D eigenvalue weighted by molar-refractivity contribution is 7.89. The molecule has 1 fully saturated rings. The number of nitrogens with one attached hydrogen (secondary N) is 1. The van der Waals surface area contributed by atoms with E-state index in [1.165, 1.54) is 12.3 Å². The van der Waals surface area contributed by atoms with E-state index in [2.05, 4.69) is 14.6 Å². The Bertz CT molecular complexity index is 1160. The van der Waals surface area contributed by atoms with Gasteiger partial charge in [-0.2, -0.15) is 0 Å². The Balaban J connectivity index is 1.63. The average molecular weight is 497 g/mol. The van der Waals surface area contributed by atoms with E-state index in [0.717, 1.165) is 11.3 Å². The summed E-state index contributed by atoms with van der Waals surface area (Å²) in [7, 11) is -3.71. The highest BCUT2D eigenvalue weighted by atomic mass is 35.5. The van der Waals surface area contributed by atoms with Gasteiger partial charge in [-0.15, -0.1) is 0 Å². The van der Waals surface area contributed by atoms with Crippen molar-refractivity contribution in [1.82, 2.24) is 9.71 Å². The topological polar surface area (TPSA) is 62.3 Å². The van der Waals surface area contributed by atoms with Gasteiger partial charge >= 0.3 is 0 Å². The molecule has 9 heteroatoms. The van der Waals surface area contributed by atoms with E-state index in [0.29, 0.717) is 34.5 Å². The van der Waals surface area contributed by atoms with Crippen molar-refractivity contribution in [3.63, 3.8) is 0 Å². The van der Waals surface area contributed by atoms with Gasteiger partial charge in [0.2, 0.25) is 0 Å². The molecule has 3 aromatic rings. The fourth-order valence-corrected chi connectivity index (χ4v) is 5.74. The number of pyridine rings is 1. The lowest BCUT2D eigenvalue weighted by Crippen LogP contribution is -2.46. The minimum absolute atomic E-state index is 0.0150. The van der Waals surface area contributed by atoms with Crippen molar-refractivity contribution in [2.24, 2.45) is 0 Å². The Morgan fingerprint density at radius 2 is 1.71 bits per heavy atom. The molecule has 1 aliphatic rings. The molecule has 0 unspecified atom stereocenters. The van der Waals surface area contributed by atoms with Gasteiger partial charge in [0, 0.05) is 28.8 Å². The second-order valence-electron chi connectivity index (χ2n) is 7.37. The number of hydrogen-bond donors (Lipinski definition) is 1. The van der Waals surface area contributed by atoms with Gasteiger partial charge in [-0.25, -0.2) is 18.1 Å². The largest absolute Gasteiger partial charge is 0.363 e. The zero-order valence-corrected chi connectivity index (χ0v) is 19.5. The van der Waals surface area contributed by atoms with E-state index in [1.807, 2.05) is 30.3 Å². The highest BCUT2D eigenvalue weighted by Gasteiger charge is 2.33. The Hall–Kier alpha value is -1.83. The van der Waals surface area contributed by atoms with Crippen LogP contribution in [0.25, 0.3) is 0 Å². The van der Waals surface area contributed by atoms with Gasteiger partial charge in [0.25, 0.3) is 10.0 Å². The molecule has 2 heterocycles. The second kappa shape index (κ2) is 9.35. The molecule has 0 bridgehead atoms. The first kappa shape index (κ1) is 22.4. The van der Waals surface area contributed by atoms with Gasteiger partial charge in [-0.3, -0.25) is 0 Å². The molecule has 0 radical (unpaired) electrons. The number of hydrogen-bond acceptors (Lipinski definition) is 4. The Kier molecular flexibility index (Phi) is 6.74. The molecule has 1 N–H and O–H groups in total. The van der Waals surface area contributed by atoms with E-state index in [9.17, 15) is 8.42 Å². The summed E-state index contributed by atoms with van der Waals surface area (Å²) in [5.41, 5.74) is 1.88. The molecule has 0 saturated carbocycles. The van der Waals surface area contributed by atoms with Crippen molar-refractivity contribution >= 4 is 50.5 Å². The van der Waals surface area contributed by atoms with Crippen LogP contribution in [0.15, 0.2) is 71.9 Å². The fourth-order valence-electron chi connectivity index (χ4n) is 3.86. The first-order valence-electron chi connectivity index (χ1n) is 9.74. The van der Waals surface area contributed by atoms with E-state index in [1.54, 1.807) is 24.3 Å². The predicted molar refractivity (Wildman–Crippen MR) is 126 cm³/mol. The number of aromatic nitrogens is 1. The number of nitrogens with zero attached hydrogens (tertiary/aromatic N) is 2. The third-order valence-corrected chi connectivity index (χ3v) is 7.54. The Labute approximate surface area is 197 Å². The van der Waals surface area contributed by atoms with E-state index in [-0.39, 0.29) is 17.1 Å². The summed E-state index contributed by atoms with van der Waals surface area (Å²) in [6.07, 6.45) is 2.65. The summed E-state index contributed by atoms with van der Waals surface area (Å²) in [5.74, 6) is 0. The number of benzene rings is 2. The van der Waals surface area contributed by atoms with Crippen molar-refractivity contribution in [2.45, 2.75) is 30.0 Å². The van der Waals surface area contributed by atoms with Gasteiger partial charge in [0.15, 0.2) is 5.03 Å². The molecule has 1 saturated heterocycles. The standard InChI is InChI=1S/C22H20Cl3N3O2S/c23-16-6-4-15(5-7-16)21-14-18(27-31(29,30)22-3-1-2-11-26-22)10-12-28(21)20-9-8-17(24)13-19(20)25/h1-9,11,13,18,21,27H,10,12,14H2/t18-,21+/m1/s1. The number of rotatable bonds is 5. The molecule has 5 nitrogen and oxygen atoms in total. The van der Waals surface area contributed by atoms with Crippen LogP contribution in [0, 0.1) is 0 Å². The molecular formula is C22H20Cl3N3O2S. The van der Waals surface area contributed by atoms with Crippen molar-refractivity contribution in [3.05, 3.63) is 87.5 Å². The predicted octanol–water partition coefficient (Wildman–Crippen LogP) is 5.73. The lowest BCUT2D eigenvalue weighted by Gasteiger charge is -2.41. The normalized spacial score (nSPS) is 19.4. The average Bonchev–Trinajstić information content (AvgIpc) is 2.75. The van der Waals surface area contributed by atoms with E-state index in [4.69, 9.17) is 34.8 Å². The van der Waals surface area contributed by atoms with E-state index < -0.39 is 10.0 Å². The maximum Gasteiger partial charge on any atom is 0.258 e. The zero-order valence-electron chi connectivity index (χ0n) is 16.4. The summed E-state index contributed by atoms with van der Waals surface area (Å²) in [4.78, 5) is 6.17. The Morgan fingerprint density at radius 3 is 2.39 bits per heavy atom. The summed E-state index contributed by atoms with van der Waals surface area (Å²) in [6.45, 7) is 0.615. The molecule has 31 heavy (non-hydrogen) atoms. The zero-order chi connectivity index (χ0) is 22.0. The quantitative estimate of drug-likeness (QED) is 0.490. The maximum absolute atomic E-state index is 12.8. The minimum Gasteiger partial charge on any atom is -0.363 e. The molecule has 4 rings (SSSR count). The molecule has 2 atom stereocenters. The molecular weight excluding hydrogens is 477 g/mol. The van der Waals surface area contributed by atoms with Crippen molar-refractivity contribution in [2.75, 3.05) is 11.4 Å². The SMILES string of the molecule is O=S(=O)(N[C@@H]1CCN(c2ccc(Cl)cc2Cl)[C@H](c2ccc(Cl)cc2)C1)c1ccccn1. The molecule has 0 amide bonds. The van der Waals surface area contributed by atoms with Gasteiger partial charge < -0.3 is 4.90 Å². The van der Waals surface area contributed by atoms with Gasteiger partial charge in [0.05, 0.1) is 16.8 Å². The maximum atomic E-state index is 12.8.